The van der Waals surface area contributed by atoms with Crippen LogP contribution in [0, 0.1) is 11.8 Å². The van der Waals surface area contributed by atoms with Crippen LogP contribution in [0.4, 0.5) is 0 Å². The van der Waals surface area contributed by atoms with Gasteiger partial charge in [-0.3, -0.25) is 9.59 Å². The molecule has 1 aromatic rings. The molecule has 1 saturated heterocycles. The summed E-state index contributed by atoms with van der Waals surface area (Å²) in [6.45, 7) is 2.13. The van der Waals surface area contributed by atoms with Gasteiger partial charge < -0.3 is 9.64 Å². The third-order valence-electron chi connectivity index (χ3n) is 2.87. The molecule has 1 heterocycles. The first-order valence-electron chi connectivity index (χ1n) is 6.31. The summed E-state index contributed by atoms with van der Waals surface area (Å²) in [6, 6.07) is 6.86. The number of amides is 1. The predicted octanol–water partition coefficient (Wildman–Crippen LogP) is 1.51. The van der Waals surface area contributed by atoms with Crippen molar-refractivity contribution in [2.45, 2.75) is 6.42 Å². The molecule has 1 aliphatic rings. The molecule has 0 aromatic heterocycles. The molecule has 1 fully saturated rings. The van der Waals surface area contributed by atoms with Crippen LogP contribution in [-0.2, 0) is 14.3 Å². The Morgan fingerprint density at radius 2 is 1.85 bits per heavy atom. The molecule has 0 atom stereocenters. The highest BCUT2D eigenvalue weighted by Crippen LogP contribution is 2.08. The standard InChI is InChI=1S/C15H14ClNO3/c16-13-4-1-12(2-5-13)3-6-14(18)11-15(19)17-7-9-20-10-8-17/h1-2,4-5H,7-11H2. The number of carbonyl (C=O) groups is 2. The summed E-state index contributed by atoms with van der Waals surface area (Å²) >= 11 is 5.75. The van der Waals surface area contributed by atoms with Gasteiger partial charge in [-0.15, -0.1) is 0 Å². The maximum Gasteiger partial charge on any atom is 0.231 e. The quantitative estimate of drug-likeness (QED) is 0.613. The molecular weight excluding hydrogens is 278 g/mol. The second kappa shape index (κ2) is 7.09. The Morgan fingerprint density at radius 1 is 1.20 bits per heavy atom. The lowest BCUT2D eigenvalue weighted by Crippen LogP contribution is -2.41. The van der Waals surface area contributed by atoms with Gasteiger partial charge in [0.25, 0.3) is 0 Å². The number of rotatable bonds is 2. The molecule has 0 bridgehead atoms. The highest BCUT2D eigenvalue weighted by molar-refractivity contribution is 6.30. The minimum atomic E-state index is -0.378. The van der Waals surface area contributed by atoms with Crippen molar-refractivity contribution in [3.63, 3.8) is 0 Å². The zero-order valence-electron chi connectivity index (χ0n) is 10.9. The number of Topliss-reactive ketones (excluding diaryl/α,β-unsaturated/α-hetero) is 1. The number of carbonyl (C=O) groups excluding carboxylic acids is 2. The summed E-state index contributed by atoms with van der Waals surface area (Å²) in [4.78, 5) is 25.1. The molecule has 1 amide bonds. The number of hydrogen-bond acceptors (Lipinski definition) is 3. The molecular formula is C15H14ClNO3. The van der Waals surface area contributed by atoms with Crippen molar-refractivity contribution < 1.29 is 14.3 Å². The SMILES string of the molecule is O=C(C#Cc1ccc(Cl)cc1)CC(=O)N1CCOCC1. The molecule has 0 saturated carbocycles. The van der Waals surface area contributed by atoms with Crippen LogP contribution in [0.25, 0.3) is 0 Å². The fourth-order valence-corrected chi connectivity index (χ4v) is 1.91. The Kier molecular flexibility index (Phi) is 5.16. The van der Waals surface area contributed by atoms with Gasteiger partial charge in [0.15, 0.2) is 0 Å². The number of halogens is 1. The van der Waals surface area contributed by atoms with E-state index in [0.717, 1.165) is 0 Å². The summed E-state index contributed by atoms with van der Waals surface area (Å²) in [5.41, 5.74) is 0.696. The van der Waals surface area contributed by atoms with Crippen LogP contribution < -0.4 is 0 Å². The van der Waals surface area contributed by atoms with Gasteiger partial charge in [0.1, 0.15) is 0 Å². The highest BCUT2D eigenvalue weighted by Gasteiger charge is 2.18. The zero-order valence-corrected chi connectivity index (χ0v) is 11.7. The van der Waals surface area contributed by atoms with E-state index in [2.05, 4.69) is 11.8 Å². The number of hydrogen-bond donors (Lipinski definition) is 0. The second-order valence-corrected chi connectivity index (χ2v) is 4.79. The van der Waals surface area contributed by atoms with Gasteiger partial charge in [-0.2, -0.15) is 0 Å². The van der Waals surface area contributed by atoms with Gasteiger partial charge in [0, 0.05) is 23.7 Å². The van der Waals surface area contributed by atoms with Gasteiger partial charge in [-0.1, -0.05) is 17.5 Å². The van der Waals surface area contributed by atoms with Crippen molar-refractivity contribution >= 4 is 23.3 Å². The predicted molar refractivity (Wildman–Crippen MR) is 75.4 cm³/mol. The normalized spacial score (nSPS) is 14.3. The number of benzene rings is 1. The van der Waals surface area contributed by atoms with E-state index in [1.807, 2.05) is 0 Å². The van der Waals surface area contributed by atoms with Crippen LogP contribution in [0.1, 0.15) is 12.0 Å². The van der Waals surface area contributed by atoms with Crippen molar-refractivity contribution in [3.05, 3.63) is 34.9 Å². The fraction of sp³-hybridized carbons (Fsp3) is 0.333. The molecule has 0 radical (unpaired) electrons. The van der Waals surface area contributed by atoms with Crippen LogP contribution >= 0.6 is 11.6 Å². The smallest absolute Gasteiger partial charge is 0.231 e. The Labute approximate surface area is 122 Å². The molecule has 1 aromatic carbocycles. The Bertz CT molecular complexity index is 551. The van der Waals surface area contributed by atoms with E-state index in [1.54, 1.807) is 29.2 Å². The monoisotopic (exact) mass is 291 g/mol. The topological polar surface area (TPSA) is 46.6 Å². The molecule has 1 aliphatic heterocycles. The highest BCUT2D eigenvalue weighted by atomic mass is 35.5. The summed E-state index contributed by atoms with van der Waals surface area (Å²) < 4.78 is 5.15. The van der Waals surface area contributed by atoms with Gasteiger partial charge in [-0.05, 0) is 30.2 Å². The molecule has 0 unspecified atom stereocenters. The van der Waals surface area contributed by atoms with E-state index < -0.39 is 0 Å². The van der Waals surface area contributed by atoms with Gasteiger partial charge >= 0.3 is 0 Å². The first-order valence-corrected chi connectivity index (χ1v) is 6.69. The van der Waals surface area contributed by atoms with Crippen LogP contribution in [0.2, 0.25) is 5.02 Å². The molecule has 0 N–H and O–H groups in total. The lowest BCUT2D eigenvalue weighted by molar-refractivity contribution is -0.137. The molecule has 0 spiro atoms. The Balaban J connectivity index is 1.89. The van der Waals surface area contributed by atoms with Crippen LogP contribution in [0.5, 0.6) is 0 Å². The first kappa shape index (κ1) is 14.6. The van der Waals surface area contributed by atoms with Crippen LogP contribution in [-0.4, -0.2) is 42.9 Å². The maximum atomic E-state index is 11.8. The third kappa shape index (κ3) is 4.37. The summed E-state index contributed by atoms with van der Waals surface area (Å²) in [5, 5.41) is 0.615. The van der Waals surface area contributed by atoms with Crippen molar-refractivity contribution in [2.75, 3.05) is 26.3 Å². The molecule has 20 heavy (non-hydrogen) atoms. The average Bonchev–Trinajstić information content (AvgIpc) is 2.47. The maximum absolute atomic E-state index is 11.8. The minimum Gasteiger partial charge on any atom is -0.378 e. The van der Waals surface area contributed by atoms with Gasteiger partial charge in [0.05, 0.1) is 19.6 Å². The molecule has 2 rings (SSSR count). The number of nitrogens with zero attached hydrogens (tertiary/aromatic N) is 1. The lowest BCUT2D eigenvalue weighted by Gasteiger charge is -2.26. The third-order valence-corrected chi connectivity index (χ3v) is 3.12. The van der Waals surface area contributed by atoms with Crippen molar-refractivity contribution in [1.82, 2.24) is 4.90 Å². The van der Waals surface area contributed by atoms with Crippen molar-refractivity contribution in [1.29, 1.82) is 0 Å². The number of ether oxygens (including phenoxy) is 1. The summed E-state index contributed by atoms with van der Waals surface area (Å²) in [7, 11) is 0. The lowest BCUT2D eigenvalue weighted by atomic mass is 10.2. The average molecular weight is 292 g/mol. The van der Waals surface area contributed by atoms with Crippen molar-refractivity contribution in [3.8, 4) is 11.8 Å². The number of ketones is 1. The summed E-state index contributed by atoms with van der Waals surface area (Å²) in [6.07, 6.45) is -0.180. The van der Waals surface area contributed by atoms with Crippen LogP contribution in [0.3, 0.4) is 0 Å². The van der Waals surface area contributed by atoms with E-state index in [0.29, 0.717) is 36.9 Å². The molecule has 4 nitrogen and oxygen atoms in total. The first-order chi connectivity index (χ1) is 9.65. The van der Waals surface area contributed by atoms with E-state index >= 15 is 0 Å². The molecule has 104 valence electrons. The van der Waals surface area contributed by atoms with Gasteiger partial charge in [0.2, 0.25) is 11.7 Å². The van der Waals surface area contributed by atoms with E-state index in [9.17, 15) is 9.59 Å². The fourth-order valence-electron chi connectivity index (χ4n) is 1.78. The molecule has 0 aliphatic carbocycles. The summed E-state index contributed by atoms with van der Waals surface area (Å²) in [5.74, 6) is 4.63. The van der Waals surface area contributed by atoms with Gasteiger partial charge in [-0.25, -0.2) is 0 Å². The molecule has 5 heteroatoms. The zero-order chi connectivity index (χ0) is 14.4. The largest absolute Gasteiger partial charge is 0.378 e. The Morgan fingerprint density at radius 3 is 2.50 bits per heavy atom. The Hall–Kier alpha value is -1.83. The second-order valence-electron chi connectivity index (χ2n) is 4.35. The van der Waals surface area contributed by atoms with E-state index in [-0.39, 0.29) is 18.1 Å². The minimum absolute atomic E-state index is 0.180. The number of morpholine rings is 1. The van der Waals surface area contributed by atoms with Crippen molar-refractivity contribution in [2.24, 2.45) is 0 Å². The van der Waals surface area contributed by atoms with E-state index in [4.69, 9.17) is 16.3 Å². The van der Waals surface area contributed by atoms with E-state index in [1.165, 1.54) is 0 Å². The van der Waals surface area contributed by atoms with Crippen LogP contribution in [0.15, 0.2) is 24.3 Å².